The van der Waals surface area contributed by atoms with E-state index in [2.05, 4.69) is 15.3 Å². The molecule has 1 fully saturated rings. The minimum absolute atomic E-state index is 0.142. The van der Waals surface area contributed by atoms with E-state index in [0.29, 0.717) is 11.5 Å². The molecule has 1 aliphatic carbocycles. The largest absolute Gasteiger partial charge is 0.366 e. The van der Waals surface area contributed by atoms with E-state index in [1.54, 1.807) is 0 Å². The summed E-state index contributed by atoms with van der Waals surface area (Å²) < 4.78 is 0. The Morgan fingerprint density at radius 1 is 1.29 bits per heavy atom. The SMILES string of the molecule is NC(=O)c1cnc(N[C@@H]2CCCC[C@@H]2N)nc1. The van der Waals surface area contributed by atoms with Crippen molar-refractivity contribution >= 4 is 11.9 Å². The fraction of sp³-hybridized carbons (Fsp3) is 0.545. The van der Waals surface area contributed by atoms with Crippen molar-refractivity contribution in [2.24, 2.45) is 11.5 Å². The first kappa shape index (κ1) is 11.8. The number of nitrogens with one attached hydrogen (secondary N) is 1. The molecule has 2 atom stereocenters. The Balaban J connectivity index is 2.00. The third kappa shape index (κ3) is 2.91. The molecule has 6 nitrogen and oxygen atoms in total. The molecule has 0 spiro atoms. The molecule has 1 saturated carbocycles. The third-order valence-electron chi connectivity index (χ3n) is 3.07. The first-order valence-corrected chi connectivity index (χ1v) is 5.81. The summed E-state index contributed by atoms with van der Waals surface area (Å²) in [5, 5.41) is 3.20. The second-order valence-corrected chi connectivity index (χ2v) is 4.36. The predicted octanol–water partition coefficient (Wildman–Crippen LogP) is 0.257. The van der Waals surface area contributed by atoms with Crippen LogP contribution in [0.1, 0.15) is 36.0 Å². The Bertz CT molecular complexity index is 391. The standard InChI is InChI=1S/C11H17N5O/c12-8-3-1-2-4-9(8)16-11-14-5-7(6-15-11)10(13)17/h5-6,8-9H,1-4,12H2,(H2,13,17)(H,14,15,16)/t8-,9+/m0/s1. The van der Waals surface area contributed by atoms with E-state index in [1.807, 2.05) is 0 Å². The Labute approximate surface area is 99.8 Å². The summed E-state index contributed by atoms with van der Waals surface area (Å²) in [6.45, 7) is 0. The third-order valence-corrected chi connectivity index (χ3v) is 3.07. The van der Waals surface area contributed by atoms with Gasteiger partial charge in [0.15, 0.2) is 0 Å². The van der Waals surface area contributed by atoms with Crippen LogP contribution < -0.4 is 16.8 Å². The van der Waals surface area contributed by atoms with Gasteiger partial charge in [-0.25, -0.2) is 9.97 Å². The molecule has 0 aromatic carbocycles. The Morgan fingerprint density at radius 2 is 1.94 bits per heavy atom. The van der Waals surface area contributed by atoms with Crippen molar-refractivity contribution in [3.63, 3.8) is 0 Å². The number of hydrogen-bond acceptors (Lipinski definition) is 5. The van der Waals surface area contributed by atoms with Gasteiger partial charge in [-0.05, 0) is 12.8 Å². The van der Waals surface area contributed by atoms with E-state index in [0.717, 1.165) is 12.8 Å². The number of nitrogens with zero attached hydrogens (tertiary/aromatic N) is 2. The van der Waals surface area contributed by atoms with Gasteiger partial charge in [0.2, 0.25) is 5.95 Å². The van der Waals surface area contributed by atoms with Crippen molar-refractivity contribution in [3.05, 3.63) is 18.0 Å². The smallest absolute Gasteiger partial charge is 0.251 e. The lowest BCUT2D eigenvalue weighted by atomic mass is 9.91. The normalized spacial score (nSPS) is 24.3. The van der Waals surface area contributed by atoms with E-state index in [1.165, 1.54) is 25.2 Å². The second-order valence-electron chi connectivity index (χ2n) is 4.36. The molecular formula is C11H17N5O. The van der Waals surface area contributed by atoms with Gasteiger partial charge in [-0.1, -0.05) is 12.8 Å². The zero-order valence-corrected chi connectivity index (χ0v) is 9.60. The molecule has 92 valence electrons. The minimum atomic E-state index is -0.522. The average molecular weight is 235 g/mol. The van der Waals surface area contributed by atoms with Crippen LogP contribution in [0.2, 0.25) is 0 Å². The van der Waals surface area contributed by atoms with Crippen molar-refractivity contribution in [3.8, 4) is 0 Å². The van der Waals surface area contributed by atoms with Crippen molar-refractivity contribution in [2.75, 3.05) is 5.32 Å². The van der Waals surface area contributed by atoms with Crippen LogP contribution in [0.5, 0.6) is 0 Å². The minimum Gasteiger partial charge on any atom is -0.366 e. The summed E-state index contributed by atoms with van der Waals surface area (Å²) >= 11 is 0. The van der Waals surface area contributed by atoms with Crippen LogP contribution in [0, 0.1) is 0 Å². The molecule has 1 aliphatic rings. The van der Waals surface area contributed by atoms with Gasteiger partial charge in [0.25, 0.3) is 5.91 Å². The topological polar surface area (TPSA) is 107 Å². The van der Waals surface area contributed by atoms with Gasteiger partial charge in [-0.2, -0.15) is 0 Å². The number of primary amides is 1. The predicted molar refractivity (Wildman–Crippen MR) is 64.4 cm³/mol. The average Bonchev–Trinajstić information content (AvgIpc) is 2.33. The molecule has 0 aliphatic heterocycles. The Kier molecular flexibility index (Phi) is 3.53. The van der Waals surface area contributed by atoms with Crippen molar-refractivity contribution in [2.45, 2.75) is 37.8 Å². The monoisotopic (exact) mass is 235 g/mol. The number of hydrogen-bond donors (Lipinski definition) is 3. The number of aromatic nitrogens is 2. The Hall–Kier alpha value is -1.69. The molecule has 5 N–H and O–H groups in total. The van der Waals surface area contributed by atoms with Gasteiger partial charge in [-0.15, -0.1) is 0 Å². The van der Waals surface area contributed by atoms with Crippen molar-refractivity contribution in [1.29, 1.82) is 0 Å². The van der Waals surface area contributed by atoms with Crippen LogP contribution >= 0.6 is 0 Å². The summed E-state index contributed by atoms with van der Waals surface area (Å²) in [5.41, 5.74) is 11.4. The number of anilines is 1. The molecule has 1 aromatic rings. The quantitative estimate of drug-likeness (QED) is 0.696. The van der Waals surface area contributed by atoms with Gasteiger partial charge in [-0.3, -0.25) is 4.79 Å². The van der Waals surface area contributed by atoms with Crippen molar-refractivity contribution < 1.29 is 4.79 Å². The molecular weight excluding hydrogens is 218 g/mol. The maximum absolute atomic E-state index is 10.9. The van der Waals surface area contributed by atoms with Crippen LogP contribution in [0.25, 0.3) is 0 Å². The number of amides is 1. The summed E-state index contributed by atoms with van der Waals surface area (Å²) in [5.74, 6) is -0.0248. The highest BCUT2D eigenvalue weighted by Gasteiger charge is 2.22. The molecule has 6 heteroatoms. The maximum atomic E-state index is 10.9. The van der Waals surface area contributed by atoms with Crippen LogP contribution in [-0.2, 0) is 0 Å². The maximum Gasteiger partial charge on any atom is 0.251 e. The highest BCUT2D eigenvalue weighted by Crippen LogP contribution is 2.19. The van der Waals surface area contributed by atoms with E-state index in [9.17, 15) is 4.79 Å². The lowest BCUT2D eigenvalue weighted by Crippen LogP contribution is -2.42. The molecule has 0 unspecified atom stereocenters. The molecule has 1 heterocycles. The molecule has 1 amide bonds. The second kappa shape index (κ2) is 5.09. The van der Waals surface area contributed by atoms with Gasteiger partial charge < -0.3 is 16.8 Å². The van der Waals surface area contributed by atoms with E-state index in [4.69, 9.17) is 11.5 Å². The zero-order chi connectivity index (χ0) is 12.3. The van der Waals surface area contributed by atoms with Crippen molar-refractivity contribution in [1.82, 2.24) is 9.97 Å². The summed E-state index contributed by atoms with van der Waals surface area (Å²) in [7, 11) is 0. The van der Waals surface area contributed by atoms with Gasteiger partial charge >= 0.3 is 0 Å². The zero-order valence-electron chi connectivity index (χ0n) is 9.60. The van der Waals surface area contributed by atoms with Crippen LogP contribution in [-0.4, -0.2) is 28.0 Å². The summed E-state index contributed by atoms with van der Waals surface area (Å²) in [6, 6.07) is 0.353. The molecule has 2 rings (SSSR count). The fourth-order valence-electron chi connectivity index (χ4n) is 2.03. The Morgan fingerprint density at radius 3 is 2.53 bits per heavy atom. The van der Waals surface area contributed by atoms with Crippen LogP contribution in [0.15, 0.2) is 12.4 Å². The number of carbonyl (C=O) groups excluding carboxylic acids is 1. The summed E-state index contributed by atoms with van der Waals surface area (Å²) in [6.07, 6.45) is 7.25. The van der Waals surface area contributed by atoms with Gasteiger partial charge in [0, 0.05) is 24.5 Å². The molecule has 0 radical (unpaired) electrons. The highest BCUT2D eigenvalue weighted by molar-refractivity contribution is 5.92. The summed E-state index contributed by atoms with van der Waals surface area (Å²) in [4.78, 5) is 19.0. The van der Waals surface area contributed by atoms with E-state index >= 15 is 0 Å². The van der Waals surface area contributed by atoms with Crippen LogP contribution in [0.3, 0.4) is 0 Å². The molecule has 1 aromatic heterocycles. The lowest BCUT2D eigenvalue weighted by molar-refractivity contribution is 0.0999. The number of rotatable bonds is 3. The molecule has 0 bridgehead atoms. The first-order chi connectivity index (χ1) is 8.16. The number of nitrogens with two attached hydrogens (primary N) is 2. The van der Waals surface area contributed by atoms with Crippen LogP contribution in [0.4, 0.5) is 5.95 Å². The van der Waals surface area contributed by atoms with Gasteiger partial charge in [0.1, 0.15) is 0 Å². The van der Waals surface area contributed by atoms with E-state index < -0.39 is 5.91 Å². The number of carbonyl (C=O) groups is 1. The van der Waals surface area contributed by atoms with Gasteiger partial charge in [0.05, 0.1) is 5.56 Å². The van der Waals surface area contributed by atoms with E-state index in [-0.39, 0.29) is 12.1 Å². The lowest BCUT2D eigenvalue weighted by Gasteiger charge is -2.29. The highest BCUT2D eigenvalue weighted by atomic mass is 16.1. The fourth-order valence-corrected chi connectivity index (χ4v) is 2.03. The molecule has 17 heavy (non-hydrogen) atoms. The first-order valence-electron chi connectivity index (χ1n) is 5.81. The molecule has 0 saturated heterocycles.